The molecule has 0 amide bonds. The summed E-state index contributed by atoms with van der Waals surface area (Å²) in [5.41, 5.74) is 3.97. The zero-order valence-corrected chi connectivity index (χ0v) is 13.0. The van der Waals surface area contributed by atoms with E-state index in [1.165, 1.54) is 0 Å². The topological polar surface area (TPSA) is 78.3 Å². The summed E-state index contributed by atoms with van der Waals surface area (Å²) in [5, 5.41) is 22.3. The first-order valence-corrected chi connectivity index (χ1v) is 7.84. The molecule has 3 rings (SSSR count). The van der Waals surface area contributed by atoms with Gasteiger partial charge < -0.3 is 15.5 Å². The summed E-state index contributed by atoms with van der Waals surface area (Å²) < 4.78 is 0. The average molecular weight is 315 g/mol. The fourth-order valence-electron chi connectivity index (χ4n) is 2.18. The van der Waals surface area contributed by atoms with Gasteiger partial charge in [-0.05, 0) is 42.8 Å². The fraction of sp³-hybridized carbons (Fsp3) is 0.250. The number of thiazole rings is 1. The van der Waals surface area contributed by atoms with Crippen LogP contribution in [0.5, 0.6) is 0 Å². The maximum absolute atomic E-state index is 9.40. The summed E-state index contributed by atoms with van der Waals surface area (Å²) >= 11 is 1.57. The number of rotatable bonds is 5. The van der Waals surface area contributed by atoms with Crippen LogP contribution in [-0.2, 0) is 0 Å². The van der Waals surface area contributed by atoms with E-state index in [-0.39, 0.29) is 6.61 Å². The van der Waals surface area contributed by atoms with E-state index in [9.17, 15) is 5.11 Å². The van der Waals surface area contributed by atoms with Crippen molar-refractivity contribution in [3.63, 3.8) is 0 Å². The lowest BCUT2D eigenvalue weighted by Crippen LogP contribution is -2.23. The number of aliphatic hydroxyl groups excluding tert-OH is 2. The zero-order chi connectivity index (χ0) is 15.5. The number of aryl methyl sites for hydroxylation is 1. The molecule has 0 spiro atoms. The highest BCUT2D eigenvalue weighted by Gasteiger charge is 2.09. The Hall–Kier alpha value is -2.02. The van der Waals surface area contributed by atoms with Crippen LogP contribution < -0.4 is 5.32 Å². The van der Waals surface area contributed by atoms with Crippen LogP contribution in [0.1, 0.15) is 5.56 Å². The van der Waals surface area contributed by atoms with Gasteiger partial charge in [-0.3, -0.25) is 0 Å². The van der Waals surface area contributed by atoms with Gasteiger partial charge in [0.1, 0.15) is 15.4 Å². The molecule has 1 unspecified atom stereocenters. The Kier molecular flexibility index (Phi) is 4.33. The van der Waals surface area contributed by atoms with Gasteiger partial charge in [-0.1, -0.05) is 11.3 Å². The van der Waals surface area contributed by atoms with E-state index >= 15 is 0 Å². The molecule has 0 saturated heterocycles. The van der Waals surface area contributed by atoms with Crippen molar-refractivity contribution < 1.29 is 10.2 Å². The van der Waals surface area contributed by atoms with Crippen LogP contribution in [0.4, 0.5) is 5.69 Å². The molecule has 0 bridgehead atoms. The molecular formula is C16H17N3O2S. The van der Waals surface area contributed by atoms with Crippen molar-refractivity contribution in [1.29, 1.82) is 0 Å². The van der Waals surface area contributed by atoms with Gasteiger partial charge >= 0.3 is 0 Å². The minimum absolute atomic E-state index is 0.247. The van der Waals surface area contributed by atoms with Crippen LogP contribution in [-0.4, -0.2) is 39.4 Å². The van der Waals surface area contributed by atoms with Crippen LogP contribution in [0.25, 0.3) is 20.9 Å². The van der Waals surface area contributed by atoms with Crippen molar-refractivity contribution in [2.24, 2.45) is 0 Å². The van der Waals surface area contributed by atoms with E-state index in [2.05, 4.69) is 21.4 Å². The zero-order valence-electron chi connectivity index (χ0n) is 12.2. The van der Waals surface area contributed by atoms with E-state index in [1.54, 1.807) is 17.5 Å². The van der Waals surface area contributed by atoms with Gasteiger partial charge in [-0.2, -0.15) is 0 Å². The summed E-state index contributed by atoms with van der Waals surface area (Å²) in [6.45, 7) is 2.08. The van der Waals surface area contributed by atoms with Gasteiger partial charge in [-0.15, -0.1) is 0 Å². The summed E-state index contributed by atoms with van der Waals surface area (Å²) in [6.07, 6.45) is 1.02. The van der Waals surface area contributed by atoms with E-state index in [4.69, 9.17) is 5.11 Å². The molecule has 0 aliphatic carbocycles. The fourth-order valence-corrected chi connectivity index (χ4v) is 3.08. The lowest BCUT2D eigenvalue weighted by atomic mass is 10.1. The van der Waals surface area contributed by atoms with Crippen LogP contribution in [0.2, 0.25) is 0 Å². The van der Waals surface area contributed by atoms with Crippen molar-refractivity contribution in [1.82, 2.24) is 9.97 Å². The quantitative estimate of drug-likeness (QED) is 0.674. The average Bonchev–Trinajstić information content (AvgIpc) is 2.97. The molecule has 5 nitrogen and oxygen atoms in total. The molecule has 6 heteroatoms. The second-order valence-corrected chi connectivity index (χ2v) is 6.07. The molecule has 0 aliphatic rings. The Balaban J connectivity index is 1.84. The molecule has 2 heterocycles. The summed E-state index contributed by atoms with van der Waals surface area (Å²) in [5.74, 6) is 0. The smallest absolute Gasteiger partial charge is 0.143 e. The second-order valence-electron chi connectivity index (χ2n) is 5.09. The molecule has 0 fully saturated rings. The summed E-state index contributed by atoms with van der Waals surface area (Å²) in [4.78, 5) is 9.86. The van der Waals surface area contributed by atoms with Gasteiger partial charge in [0.05, 0.1) is 12.7 Å². The summed E-state index contributed by atoms with van der Waals surface area (Å²) in [7, 11) is 0. The predicted molar refractivity (Wildman–Crippen MR) is 89.2 cm³/mol. The monoisotopic (exact) mass is 315 g/mol. The van der Waals surface area contributed by atoms with Crippen molar-refractivity contribution in [3.8, 4) is 10.6 Å². The molecule has 114 valence electrons. The molecule has 22 heavy (non-hydrogen) atoms. The molecule has 2 aromatic heterocycles. The third kappa shape index (κ3) is 3.09. The third-order valence-corrected chi connectivity index (χ3v) is 4.41. The standard InChI is InChI=1S/C16H17N3O2S/c1-10-7-11(4-5-13(10)18-8-12(21)9-20)15-19-14-3-2-6-17-16(14)22-15/h2-7,12,18,20-21H,8-9H2,1H3. The largest absolute Gasteiger partial charge is 0.394 e. The Labute approximate surface area is 132 Å². The van der Waals surface area contributed by atoms with E-state index in [0.29, 0.717) is 6.54 Å². The maximum Gasteiger partial charge on any atom is 0.143 e. The highest BCUT2D eigenvalue weighted by molar-refractivity contribution is 7.21. The minimum atomic E-state index is -0.755. The van der Waals surface area contributed by atoms with E-state index in [0.717, 1.165) is 32.2 Å². The molecule has 0 radical (unpaired) electrons. The van der Waals surface area contributed by atoms with Gasteiger partial charge in [0.25, 0.3) is 0 Å². The second kappa shape index (κ2) is 6.39. The Bertz CT molecular complexity index is 755. The minimum Gasteiger partial charge on any atom is -0.394 e. The van der Waals surface area contributed by atoms with Gasteiger partial charge in [0, 0.05) is 24.0 Å². The van der Waals surface area contributed by atoms with Crippen LogP contribution in [0, 0.1) is 6.92 Å². The van der Waals surface area contributed by atoms with Crippen LogP contribution in [0.3, 0.4) is 0 Å². The number of fused-ring (bicyclic) bond motifs is 1. The van der Waals surface area contributed by atoms with Crippen molar-refractivity contribution in [2.45, 2.75) is 13.0 Å². The van der Waals surface area contributed by atoms with E-state index < -0.39 is 6.10 Å². The number of aliphatic hydroxyl groups is 2. The number of pyridine rings is 1. The lowest BCUT2D eigenvalue weighted by molar-refractivity contribution is 0.105. The normalized spacial score (nSPS) is 12.5. The Morgan fingerprint density at radius 1 is 1.32 bits per heavy atom. The Morgan fingerprint density at radius 2 is 2.18 bits per heavy atom. The molecule has 1 aromatic carbocycles. The SMILES string of the molecule is Cc1cc(-c2nc3cccnc3s2)ccc1NCC(O)CO. The molecule has 0 saturated carbocycles. The predicted octanol–water partition coefficient (Wildman–Crippen LogP) is 2.43. The van der Waals surface area contributed by atoms with Crippen molar-refractivity contribution >= 4 is 27.4 Å². The van der Waals surface area contributed by atoms with Crippen LogP contribution in [0.15, 0.2) is 36.5 Å². The van der Waals surface area contributed by atoms with Gasteiger partial charge in [0.15, 0.2) is 0 Å². The Morgan fingerprint density at radius 3 is 2.91 bits per heavy atom. The van der Waals surface area contributed by atoms with Gasteiger partial charge in [0.2, 0.25) is 0 Å². The first kappa shape index (κ1) is 14.9. The molecule has 0 aliphatic heterocycles. The first-order valence-electron chi connectivity index (χ1n) is 7.03. The third-order valence-electron chi connectivity index (χ3n) is 3.38. The number of nitrogens with one attached hydrogen (secondary N) is 1. The number of benzene rings is 1. The highest BCUT2D eigenvalue weighted by Crippen LogP contribution is 2.30. The summed E-state index contributed by atoms with van der Waals surface area (Å²) in [6, 6.07) is 9.87. The number of aromatic nitrogens is 2. The van der Waals surface area contributed by atoms with Crippen molar-refractivity contribution in [2.75, 3.05) is 18.5 Å². The van der Waals surface area contributed by atoms with Gasteiger partial charge in [-0.25, -0.2) is 9.97 Å². The maximum atomic E-state index is 9.40. The number of hydrogen-bond acceptors (Lipinski definition) is 6. The van der Waals surface area contributed by atoms with E-state index in [1.807, 2.05) is 31.2 Å². The molecule has 3 aromatic rings. The lowest BCUT2D eigenvalue weighted by Gasteiger charge is -2.13. The molecule has 1 atom stereocenters. The van der Waals surface area contributed by atoms with Crippen molar-refractivity contribution in [3.05, 3.63) is 42.1 Å². The molecular weight excluding hydrogens is 298 g/mol. The number of anilines is 1. The number of nitrogens with zero attached hydrogens (tertiary/aromatic N) is 2. The van der Waals surface area contributed by atoms with Crippen LogP contribution >= 0.6 is 11.3 Å². The highest BCUT2D eigenvalue weighted by atomic mass is 32.1. The first-order chi connectivity index (χ1) is 10.7. The number of hydrogen-bond donors (Lipinski definition) is 3. The molecule has 3 N–H and O–H groups in total.